The van der Waals surface area contributed by atoms with Crippen molar-refractivity contribution in [1.82, 2.24) is 0 Å². The van der Waals surface area contributed by atoms with Gasteiger partial charge in [0.1, 0.15) is 0 Å². The number of fused-ring (bicyclic) bond motifs is 10. The van der Waals surface area contributed by atoms with Gasteiger partial charge in [0.05, 0.1) is 0 Å². The van der Waals surface area contributed by atoms with Gasteiger partial charge < -0.3 is 24.8 Å². The predicted octanol–water partition coefficient (Wildman–Crippen LogP) is 7.02. The first-order chi connectivity index (χ1) is 25.3. The molecule has 0 spiro atoms. The van der Waals surface area contributed by atoms with Crippen molar-refractivity contribution < 1.29 is 46.1 Å². The molecule has 0 amide bonds. The number of halogens is 2. The normalized spacial score (nSPS) is 35.2. The number of hydrogen-bond donors (Lipinski definition) is 0. The Balaban J connectivity index is 0.00000207. The van der Waals surface area contributed by atoms with Gasteiger partial charge in [0.15, 0.2) is 0 Å². The Hall–Kier alpha value is -2.83. The molecule has 0 saturated heterocycles. The van der Waals surface area contributed by atoms with Gasteiger partial charge in [-0.1, -0.05) is 0 Å². The summed E-state index contributed by atoms with van der Waals surface area (Å²) in [6.07, 6.45) is 33.1. The first kappa shape index (κ1) is 38.1. The smallest absolute Gasteiger partial charge is 1.00 e. The largest absolute Gasteiger partial charge is 1.00 e. The SMILES string of the molecule is CC1CCCC2C1C1C3C=CC=CC3C3(C)C=CC=CC3(C)C1(C)[CH]2[Zr+2]([C]1=CC=CC1)=[C](c1ccc2ccccc2c1)c1ccc2ccccc2c1.[Cl-].[Cl-]. The molecule has 6 aliphatic rings. The molecule has 0 bridgehead atoms. The van der Waals surface area contributed by atoms with E-state index in [2.05, 4.69) is 179 Å². The van der Waals surface area contributed by atoms with Crippen LogP contribution in [0.15, 0.2) is 155 Å². The standard InChI is InChI=1S/C25H33.C21H14.C5H5.2ClH.Zr/c1-17-10-9-11-18-16-24(3)22(21(17)18)19-12-5-6-13-20(19)23(2)14-7-8-15-25(23,24)4;1-3-7-20-14-16(9-11-18(20)5-1)13-17-10-12-19-6-2-4-8-21(19)15-17;1-2-4-5-3-1;;;/h5-8,12-22H,9-11H2,1-4H3;1-12,14-15H;1-3H,4H2;2*1H;/q;;;;;+2/p-2. The average molecular weight is 827 g/mol. The fourth-order valence-corrected chi connectivity index (χ4v) is 24.4. The topological polar surface area (TPSA) is 0 Å². The second-order valence-electron chi connectivity index (χ2n) is 17.7. The van der Waals surface area contributed by atoms with Crippen LogP contribution in [0.1, 0.15) is 64.5 Å². The minimum atomic E-state index is -2.85. The van der Waals surface area contributed by atoms with E-state index in [0.717, 1.165) is 24.2 Å². The molecule has 10 atom stereocenters. The molecule has 3 heteroatoms. The summed E-state index contributed by atoms with van der Waals surface area (Å²) >= 11 is -2.85. The van der Waals surface area contributed by atoms with Crippen molar-refractivity contribution in [1.29, 1.82) is 0 Å². The molecule has 3 saturated carbocycles. The van der Waals surface area contributed by atoms with Crippen LogP contribution in [-0.4, -0.2) is 3.21 Å². The summed E-state index contributed by atoms with van der Waals surface area (Å²) in [5, 5.41) is 5.39. The Bertz CT molecular complexity index is 2260. The van der Waals surface area contributed by atoms with E-state index in [0.29, 0.717) is 21.4 Å². The Morgan fingerprint density at radius 3 is 1.96 bits per heavy atom. The molecular formula is C51H52Cl2Zr. The van der Waals surface area contributed by atoms with Crippen molar-refractivity contribution in [2.75, 3.05) is 0 Å². The van der Waals surface area contributed by atoms with Crippen molar-refractivity contribution in [3.05, 3.63) is 166 Å². The van der Waals surface area contributed by atoms with Crippen LogP contribution in [-0.2, 0) is 21.3 Å². The third-order valence-electron chi connectivity index (χ3n) is 15.8. The van der Waals surface area contributed by atoms with Crippen LogP contribution in [0.2, 0.25) is 3.63 Å². The van der Waals surface area contributed by atoms with Gasteiger partial charge in [-0.05, 0) is 0 Å². The summed E-state index contributed by atoms with van der Waals surface area (Å²) in [5.74, 6) is 4.04. The van der Waals surface area contributed by atoms with E-state index in [1.807, 2.05) is 3.28 Å². The zero-order chi connectivity index (χ0) is 35.2. The summed E-state index contributed by atoms with van der Waals surface area (Å²) in [7, 11) is 0. The van der Waals surface area contributed by atoms with Gasteiger partial charge in [-0.3, -0.25) is 0 Å². The van der Waals surface area contributed by atoms with Crippen molar-refractivity contribution in [2.24, 2.45) is 51.8 Å². The first-order valence-electron chi connectivity index (χ1n) is 20.1. The number of benzene rings is 4. The van der Waals surface area contributed by atoms with Crippen LogP contribution in [0.5, 0.6) is 0 Å². The third kappa shape index (κ3) is 5.34. The van der Waals surface area contributed by atoms with E-state index in [4.69, 9.17) is 0 Å². The molecule has 4 aromatic rings. The minimum absolute atomic E-state index is 0. The summed E-state index contributed by atoms with van der Waals surface area (Å²) in [5.41, 5.74) is 3.18. The second kappa shape index (κ2) is 14.3. The van der Waals surface area contributed by atoms with Crippen molar-refractivity contribution in [3.8, 4) is 0 Å². The summed E-state index contributed by atoms with van der Waals surface area (Å²) < 4.78 is 4.23. The minimum Gasteiger partial charge on any atom is -1.00 e. The van der Waals surface area contributed by atoms with Crippen molar-refractivity contribution in [2.45, 2.75) is 57.0 Å². The molecule has 3 fully saturated rings. The first-order valence-corrected chi connectivity index (χ1v) is 24.0. The van der Waals surface area contributed by atoms with Gasteiger partial charge in [-0.25, -0.2) is 0 Å². The molecule has 0 heterocycles. The summed E-state index contributed by atoms with van der Waals surface area (Å²) in [4.78, 5) is 0. The zero-order valence-electron chi connectivity index (χ0n) is 32.1. The third-order valence-corrected chi connectivity index (χ3v) is 25.2. The van der Waals surface area contributed by atoms with Gasteiger partial charge in [0.2, 0.25) is 0 Å². The number of rotatable bonds is 4. The monoisotopic (exact) mass is 824 g/mol. The van der Waals surface area contributed by atoms with Crippen LogP contribution < -0.4 is 24.8 Å². The molecule has 0 nitrogen and oxygen atoms in total. The zero-order valence-corrected chi connectivity index (χ0v) is 36.0. The maximum Gasteiger partial charge on any atom is -1.00 e. The Labute approximate surface area is 343 Å². The van der Waals surface area contributed by atoms with Gasteiger partial charge >= 0.3 is 321 Å². The number of allylic oxidation sites excluding steroid dienone is 12. The van der Waals surface area contributed by atoms with E-state index >= 15 is 0 Å². The molecule has 54 heavy (non-hydrogen) atoms. The molecule has 0 radical (unpaired) electrons. The molecule has 10 unspecified atom stereocenters. The van der Waals surface area contributed by atoms with Crippen LogP contribution in [0.4, 0.5) is 0 Å². The van der Waals surface area contributed by atoms with Crippen molar-refractivity contribution >= 4 is 24.8 Å². The second-order valence-corrected chi connectivity index (χ2v) is 24.1. The number of hydrogen-bond acceptors (Lipinski definition) is 0. The quantitative estimate of drug-likeness (QED) is 0.208. The summed E-state index contributed by atoms with van der Waals surface area (Å²) in [6.45, 7) is 10.9. The van der Waals surface area contributed by atoms with E-state index < -0.39 is 21.3 Å². The molecule has 6 aliphatic carbocycles. The van der Waals surface area contributed by atoms with Crippen LogP contribution >= 0.6 is 0 Å². The molecule has 4 aromatic carbocycles. The fraction of sp³-hybridized carbons (Fsp3) is 0.353. The molecular weight excluding hydrogens is 775 g/mol. The maximum atomic E-state index is 2.86. The Morgan fingerprint density at radius 2 is 1.31 bits per heavy atom. The van der Waals surface area contributed by atoms with Gasteiger partial charge in [-0.15, -0.1) is 0 Å². The van der Waals surface area contributed by atoms with Crippen LogP contribution in [0.25, 0.3) is 21.5 Å². The van der Waals surface area contributed by atoms with Crippen molar-refractivity contribution in [3.63, 3.8) is 0 Å². The van der Waals surface area contributed by atoms with E-state index in [1.54, 1.807) is 3.21 Å². The average Bonchev–Trinajstić information content (AvgIpc) is 3.80. The van der Waals surface area contributed by atoms with E-state index in [-0.39, 0.29) is 41.1 Å². The molecule has 0 aromatic heterocycles. The van der Waals surface area contributed by atoms with Crippen LogP contribution in [0.3, 0.4) is 0 Å². The molecule has 0 aliphatic heterocycles. The predicted molar refractivity (Wildman–Crippen MR) is 218 cm³/mol. The van der Waals surface area contributed by atoms with Crippen LogP contribution in [0, 0.1) is 51.8 Å². The molecule has 10 rings (SSSR count). The van der Waals surface area contributed by atoms with Gasteiger partial charge in [0.25, 0.3) is 0 Å². The maximum absolute atomic E-state index is 2.86. The molecule has 0 N–H and O–H groups in total. The van der Waals surface area contributed by atoms with Gasteiger partial charge in [0, 0.05) is 0 Å². The fourth-order valence-electron chi connectivity index (χ4n) is 13.4. The van der Waals surface area contributed by atoms with Gasteiger partial charge in [-0.2, -0.15) is 0 Å². The van der Waals surface area contributed by atoms with E-state index in [1.165, 1.54) is 51.9 Å². The summed E-state index contributed by atoms with van der Waals surface area (Å²) in [6, 6.07) is 33.0. The van der Waals surface area contributed by atoms with E-state index in [9.17, 15) is 0 Å². The Morgan fingerprint density at radius 1 is 0.685 bits per heavy atom. The molecule has 274 valence electrons. The Kier molecular flexibility index (Phi) is 10.1.